The van der Waals surface area contributed by atoms with Gasteiger partial charge in [-0.3, -0.25) is 0 Å². The molecule has 1 aromatic carbocycles. The minimum atomic E-state index is 0.513. The van der Waals surface area contributed by atoms with Crippen molar-refractivity contribution in [2.75, 3.05) is 14.2 Å². The molecular formula is C22H32O2. The van der Waals surface area contributed by atoms with E-state index in [0.29, 0.717) is 17.8 Å². The zero-order valence-electron chi connectivity index (χ0n) is 16.1. The molecular weight excluding hydrogens is 296 g/mol. The molecule has 0 aromatic heterocycles. The van der Waals surface area contributed by atoms with Gasteiger partial charge in [-0.2, -0.15) is 0 Å². The zero-order chi connectivity index (χ0) is 17.9. The van der Waals surface area contributed by atoms with Gasteiger partial charge in [-0.25, -0.2) is 0 Å². The number of methoxy groups -OCH3 is 2. The molecule has 2 rings (SSSR count). The lowest BCUT2D eigenvalue weighted by atomic mass is 9.71. The van der Waals surface area contributed by atoms with Crippen LogP contribution in [-0.2, 0) is 0 Å². The number of ether oxygens (including phenoxy) is 2. The molecule has 0 bridgehead atoms. The van der Waals surface area contributed by atoms with Gasteiger partial charge in [-0.15, -0.1) is 0 Å². The molecule has 0 N–H and O–H groups in total. The van der Waals surface area contributed by atoms with Crippen LogP contribution in [-0.4, -0.2) is 14.2 Å². The van der Waals surface area contributed by atoms with E-state index < -0.39 is 0 Å². The van der Waals surface area contributed by atoms with Gasteiger partial charge >= 0.3 is 0 Å². The van der Waals surface area contributed by atoms with E-state index in [-0.39, 0.29) is 0 Å². The van der Waals surface area contributed by atoms with Crippen LogP contribution in [0.5, 0.6) is 11.5 Å². The molecule has 0 spiro atoms. The molecule has 132 valence electrons. The van der Waals surface area contributed by atoms with E-state index in [1.807, 2.05) is 6.92 Å². The molecule has 3 atom stereocenters. The molecule has 0 saturated heterocycles. The fourth-order valence-corrected chi connectivity index (χ4v) is 4.05. The van der Waals surface area contributed by atoms with Crippen molar-refractivity contribution in [1.82, 2.24) is 0 Å². The normalized spacial score (nSPS) is 21.4. The number of allylic oxidation sites excluding steroid dienone is 3. The Morgan fingerprint density at radius 3 is 2.54 bits per heavy atom. The van der Waals surface area contributed by atoms with Gasteiger partial charge in [0.25, 0.3) is 0 Å². The molecule has 24 heavy (non-hydrogen) atoms. The van der Waals surface area contributed by atoms with Crippen LogP contribution in [0, 0.1) is 12.8 Å². The van der Waals surface area contributed by atoms with Crippen molar-refractivity contribution in [2.45, 2.75) is 58.8 Å². The van der Waals surface area contributed by atoms with Crippen LogP contribution in [0.25, 0.3) is 0 Å². The summed E-state index contributed by atoms with van der Waals surface area (Å²) in [4.78, 5) is 0. The van der Waals surface area contributed by atoms with Crippen LogP contribution in [0.15, 0.2) is 30.4 Å². The Labute approximate surface area is 147 Å². The van der Waals surface area contributed by atoms with E-state index in [1.54, 1.807) is 14.2 Å². The van der Waals surface area contributed by atoms with Crippen LogP contribution >= 0.6 is 0 Å². The third-order valence-electron chi connectivity index (χ3n) is 5.30. The number of benzene rings is 1. The monoisotopic (exact) mass is 328 g/mol. The van der Waals surface area contributed by atoms with Crippen LogP contribution in [0.4, 0.5) is 0 Å². The zero-order valence-corrected chi connectivity index (χ0v) is 16.1. The molecule has 0 amide bonds. The first-order chi connectivity index (χ1) is 11.4. The standard InChI is InChI=1S/C22H32O2/c1-14(2)9-8-10-15(3)18-12-11-16(4)20-19(18)13-17(5)21(23-6)22(20)24-7/h8-9,13,15-16,18H,1,10-12H2,2-7H3/b9-8-/t15-,16-,18+/m0/s1. The first-order valence-corrected chi connectivity index (χ1v) is 8.98. The second-order valence-corrected chi connectivity index (χ2v) is 7.31. The summed E-state index contributed by atoms with van der Waals surface area (Å²) in [6.07, 6.45) is 7.92. The van der Waals surface area contributed by atoms with Crippen molar-refractivity contribution < 1.29 is 9.47 Å². The number of hydrogen-bond donors (Lipinski definition) is 0. The average molecular weight is 328 g/mol. The van der Waals surface area contributed by atoms with Crippen LogP contribution in [0.1, 0.15) is 68.6 Å². The van der Waals surface area contributed by atoms with Gasteiger partial charge in [0, 0.05) is 5.56 Å². The lowest BCUT2D eigenvalue weighted by molar-refractivity contribution is 0.333. The van der Waals surface area contributed by atoms with Crippen molar-refractivity contribution >= 4 is 0 Å². The van der Waals surface area contributed by atoms with E-state index in [9.17, 15) is 0 Å². The van der Waals surface area contributed by atoms with E-state index in [1.165, 1.54) is 24.0 Å². The highest BCUT2D eigenvalue weighted by Crippen LogP contribution is 2.50. The number of fused-ring (bicyclic) bond motifs is 1. The molecule has 0 unspecified atom stereocenters. The van der Waals surface area contributed by atoms with E-state index in [0.717, 1.165) is 29.1 Å². The maximum Gasteiger partial charge on any atom is 0.164 e. The average Bonchev–Trinajstić information content (AvgIpc) is 2.53. The number of aryl methyl sites for hydroxylation is 1. The van der Waals surface area contributed by atoms with E-state index in [4.69, 9.17) is 9.47 Å². The Morgan fingerprint density at radius 2 is 1.96 bits per heavy atom. The smallest absolute Gasteiger partial charge is 0.164 e. The molecule has 1 aliphatic carbocycles. The highest BCUT2D eigenvalue weighted by atomic mass is 16.5. The topological polar surface area (TPSA) is 18.5 Å². The van der Waals surface area contributed by atoms with Gasteiger partial charge in [0.2, 0.25) is 0 Å². The summed E-state index contributed by atoms with van der Waals surface area (Å²) < 4.78 is 11.4. The summed E-state index contributed by atoms with van der Waals surface area (Å²) in [7, 11) is 3.49. The summed E-state index contributed by atoms with van der Waals surface area (Å²) in [5.74, 6) is 3.51. The van der Waals surface area contributed by atoms with Crippen molar-refractivity contribution in [2.24, 2.45) is 5.92 Å². The number of hydrogen-bond acceptors (Lipinski definition) is 2. The van der Waals surface area contributed by atoms with Gasteiger partial charge in [0.15, 0.2) is 11.5 Å². The molecule has 0 fully saturated rings. The Kier molecular flexibility index (Phi) is 6.15. The quantitative estimate of drug-likeness (QED) is 0.583. The minimum Gasteiger partial charge on any atom is -0.493 e. The third-order valence-corrected chi connectivity index (χ3v) is 5.30. The summed E-state index contributed by atoms with van der Waals surface area (Å²) in [6, 6.07) is 2.33. The van der Waals surface area contributed by atoms with Crippen molar-refractivity contribution in [3.63, 3.8) is 0 Å². The summed E-state index contributed by atoms with van der Waals surface area (Å²) >= 11 is 0. The van der Waals surface area contributed by atoms with Gasteiger partial charge in [0.1, 0.15) is 0 Å². The molecule has 0 heterocycles. The molecule has 0 aliphatic heterocycles. The molecule has 1 aromatic rings. The minimum absolute atomic E-state index is 0.513. The van der Waals surface area contributed by atoms with Crippen molar-refractivity contribution in [3.8, 4) is 11.5 Å². The summed E-state index contributed by atoms with van der Waals surface area (Å²) in [5.41, 5.74) is 5.09. The van der Waals surface area contributed by atoms with Gasteiger partial charge in [-0.1, -0.05) is 44.2 Å². The van der Waals surface area contributed by atoms with Crippen LogP contribution in [0.2, 0.25) is 0 Å². The molecule has 2 heteroatoms. The summed E-state index contributed by atoms with van der Waals surface area (Å²) in [6.45, 7) is 12.8. The summed E-state index contributed by atoms with van der Waals surface area (Å²) in [5, 5.41) is 0. The van der Waals surface area contributed by atoms with Crippen molar-refractivity contribution in [3.05, 3.63) is 47.1 Å². The molecule has 2 nitrogen and oxygen atoms in total. The predicted octanol–water partition coefficient (Wildman–Crippen LogP) is 6.15. The maximum atomic E-state index is 5.78. The fraction of sp³-hybridized carbons (Fsp3) is 0.545. The highest BCUT2D eigenvalue weighted by molar-refractivity contribution is 5.58. The Bertz CT molecular complexity index is 627. The predicted molar refractivity (Wildman–Crippen MR) is 102 cm³/mol. The Morgan fingerprint density at radius 1 is 1.29 bits per heavy atom. The van der Waals surface area contributed by atoms with Crippen LogP contribution < -0.4 is 9.47 Å². The molecule has 0 saturated carbocycles. The van der Waals surface area contributed by atoms with Crippen molar-refractivity contribution in [1.29, 1.82) is 0 Å². The lowest BCUT2D eigenvalue weighted by Gasteiger charge is -2.35. The van der Waals surface area contributed by atoms with Gasteiger partial charge in [0.05, 0.1) is 14.2 Å². The fourth-order valence-electron chi connectivity index (χ4n) is 4.05. The second-order valence-electron chi connectivity index (χ2n) is 7.31. The lowest BCUT2D eigenvalue weighted by Crippen LogP contribution is -2.20. The number of rotatable bonds is 6. The SMILES string of the molecule is C=C(C)/C=C\C[C@H](C)[C@H]1CC[C@H](C)c2c1cc(C)c(OC)c2OC. The highest BCUT2D eigenvalue weighted by Gasteiger charge is 2.32. The van der Waals surface area contributed by atoms with Crippen LogP contribution in [0.3, 0.4) is 0 Å². The van der Waals surface area contributed by atoms with Gasteiger partial charge < -0.3 is 9.47 Å². The van der Waals surface area contributed by atoms with Gasteiger partial charge in [-0.05, 0) is 62.0 Å². The first-order valence-electron chi connectivity index (χ1n) is 8.98. The van der Waals surface area contributed by atoms with E-state index >= 15 is 0 Å². The Hall–Kier alpha value is -1.70. The largest absolute Gasteiger partial charge is 0.493 e. The third kappa shape index (κ3) is 3.68. The first kappa shape index (κ1) is 18.6. The molecule has 0 radical (unpaired) electrons. The second kappa shape index (κ2) is 7.92. The molecule has 1 aliphatic rings. The maximum absolute atomic E-state index is 5.78. The Balaban J connectivity index is 2.42. The van der Waals surface area contributed by atoms with E-state index in [2.05, 4.69) is 45.6 Å².